The van der Waals surface area contributed by atoms with Crippen molar-refractivity contribution in [2.45, 2.75) is 11.8 Å². The third-order valence-electron chi connectivity index (χ3n) is 2.40. The number of hydrogen-bond acceptors (Lipinski definition) is 3. The summed E-state index contributed by atoms with van der Waals surface area (Å²) in [5.74, 6) is 0.671. The zero-order chi connectivity index (χ0) is 10.8. The maximum Gasteiger partial charge on any atom is 0.336 e. The summed E-state index contributed by atoms with van der Waals surface area (Å²) in [6.45, 7) is 3.06. The SMILES string of the molecule is CC1CNc2cccc(C(=O)O)c2SC1. The van der Waals surface area contributed by atoms with Crippen LogP contribution in [0.3, 0.4) is 0 Å². The van der Waals surface area contributed by atoms with E-state index in [0.29, 0.717) is 11.5 Å². The lowest BCUT2D eigenvalue weighted by atomic mass is 10.2. The summed E-state index contributed by atoms with van der Waals surface area (Å²) >= 11 is 1.63. The number of fused-ring (bicyclic) bond motifs is 1. The van der Waals surface area contributed by atoms with E-state index in [2.05, 4.69) is 12.2 Å². The van der Waals surface area contributed by atoms with Crippen molar-refractivity contribution < 1.29 is 9.90 Å². The maximum absolute atomic E-state index is 11.0. The van der Waals surface area contributed by atoms with Gasteiger partial charge in [-0.2, -0.15) is 0 Å². The summed E-state index contributed by atoms with van der Waals surface area (Å²) < 4.78 is 0. The molecule has 1 aliphatic rings. The second kappa shape index (κ2) is 4.14. The highest BCUT2D eigenvalue weighted by Crippen LogP contribution is 2.34. The van der Waals surface area contributed by atoms with E-state index >= 15 is 0 Å². The molecule has 1 unspecified atom stereocenters. The van der Waals surface area contributed by atoms with Gasteiger partial charge in [0.15, 0.2) is 0 Å². The van der Waals surface area contributed by atoms with E-state index in [0.717, 1.165) is 22.9 Å². The molecule has 0 radical (unpaired) electrons. The fraction of sp³-hybridized carbons (Fsp3) is 0.364. The number of thioether (sulfide) groups is 1. The van der Waals surface area contributed by atoms with Gasteiger partial charge in [0.25, 0.3) is 0 Å². The van der Waals surface area contributed by atoms with Crippen molar-refractivity contribution in [1.29, 1.82) is 0 Å². The smallest absolute Gasteiger partial charge is 0.336 e. The molecule has 0 aliphatic carbocycles. The maximum atomic E-state index is 11.0. The minimum absolute atomic E-state index is 0.402. The van der Waals surface area contributed by atoms with E-state index in [9.17, 15) is 4.79 Å². The molecule has 2 rings (SSSR count). The summed E-state index contributed by atoms with van der Waals surface area (Å²) in [7, 11) is 0. The lowest BCUT2D eigenvalue weighted by Gasteiger charge is -2.09. The number of carboxylic acid groups (broad SMARTS) is 1. The van der Waals surface area contributed by atoms with Crippen LogP contribution in [0.15, 0.2) is 23.1 Å². The largest absolute Gasteiger partial charge is 0.478 e. The molecule has 0 spiro atoms. The van der Waals surface area contributed by atoms with Gasteiger partial charge >= 0.3 is 5.97 Å². The fourth-order valence-corrected chi connectivity index (χ4v) is 2.74. The van der Waals surface area contributed by atoms with Crippen LogP contribution in [-0.4, -0.2) is 23.4 Å². The average Bonchev–Trinajstić information content (AvgIpc) is 2.40. The van der Waals surface area contributed by atoms with Crippen LogP contribution in [0.5, 0.6) is 0 Å². The van der Waals surface area contributed by atoms with Gasteiger partial charge in [0.2, 0.25) is 0 Å². The van der Waals surface area contributed by atoms with Crippen molar-refractivity contribution in [3.8, 4) is 0 Å². The van der Waals surface area contributed by atoms with Crippen LogP contribution >= 0.6 is 11.8 Å². The molecule has 0 saturated carbocycles. The van der Waals surface area contributed by atoms with E-state index in [-0.39, 0.29) is 0 Å². The Morgan fingerprint density at radius 1 is 1.60 bits per heavy atom. The molecule has 15 heavy (non-hydrogen) atoms. The molecule has 0 fully saturated rings. The molecular weight excluding hydrogens is 210 g/mol. The number of benzene rings is 1. The van der Waals surface area contributed by atoms with Gasteiger partial charge in [-0.1, -0.05) is 13.0 Å². The van der Waals surface area contributed by atoms with Crippen molar-refractivity contribution >= 4 is 23.4 Å². The van der Waals surface area contributed by atoms with Gasteiger partial charge in [-0.05, 0) is 18.1 Å². The van der Waals surface area contributed by atoms with Crippen molar-refractivity contribution in [2.75, 3.05) is 17.6 Å². The summed E-state index contributed by atoms with van der Waals surface area (Å²) in [6.07, 6.45) is 0. The molecule has 1 aromatic carbocycles. The quantitative estimate of drug-likeness (QED) is 0.768. The molecule has 1 heterocycles. The Labute approximate surface area is 92.9 Å². The van der Waals surface area contributed by atoms with Crippen molar-refractivity contribution in [3.63, 3.8) is 0 Å². The zero-order valence-corrected chi connectivity index (χ0v) is 9.30. The number of hydrogen-bond donors (Lipinski definition) is 2. The zero-order valence-electron chi connectivity index (χ0n) is 8.49. The van der Waals surface area contributed by atoms with Crippen molar-refractivity contribution in [3.05, 3.63) is 23.8 Å². The highest BCUT2D eigenvalue weighted by atomic mass is 32.2. The second-order valence-electron chi connectivity index (χ2n) is 3.78. The Morgan fingerprint density at radius 3 is 3.13 bits per heavy atom. The fourth-order valence-electron chi connectivity index (χ4n) is 1.57. The van der Waals surface area contributed by atoms with E-state index in [1.807, 2.05) is 6.07 Å². The number of nitrogens with one attached hydrogen (secondary N) is 1. The number of aromatic carboxylic acids is 1. The Bertz CT molecular complexity index is 392. The number of carbonyl (C=O) groups is 1. The van der Waals surface area contributed by atoms with Gasteiger partial charge in [-0.3, -0.25) is 0 Å². The highest BCUT2D eigenvalue weighted by Gasteiger charge is 2.18. The van der Waals surface area contributed by atoms with Gasteiger partial charge in [0.05, 0.1) is 5.56 Å². The first-order chi connectivity index (χ1) is 7.18. The first kappa shape index (κ1) is 10.4. The Morgan fingerprint density at radius 2 is 2.40 bits per heavy atom. The molecule has 1 atom stereocenters. The Hall–Kier alpha value is -1.16. The predicted octanol–water partition coefficient (Wildman–Crippen LogP) is 2.54. The van der Waals surface area contributed by atoms with Crippen LogP contribution in [0.2, 0.25) is 0 Å². The Balaban J connectivity index is 2.42. The molecule has 80 valence electrons. The monoisotopic (exact) mass is 223 g/mol. The van der Waals surface area contributed by atoms with Gasteiger partial charge < -0.3 is 10.4 Å². The molecule has 1 aromatic rings. The van der Waals surface area contributed by atoms with Crippen LogP contribution in [0.4, 0.5) is 5.69 Å². The number of anilines is 1. The average molecular weight is 223 g/mol. The van der Waals surface area contributed by atoms with E-state index < -0.39 is 5.97 Å². The Kier molecular flexibility index (Phi) is 2.86. The normalized spacial score (nSPS) is 19.9. The lowest BCUT2D eigenvalue weighted by Crippen LogP contribution is -2.10. The molecule has 2 N–H and O–H groups in total. The first-order valence-electron chi connectivity index (χ1n) is 4.91. The molecule has 3 nitrogen and oxygen atoms in total. The molecule has 1 aliphatic heterocycles. The third-order valence-corrected chi connectivity index (χ3v) is 3.86. The second-order valence-corrected chi connectivity index (χ2v) is 4.81. The van der Waals surface area contributed by atoms with Crippen molar-refractivity contribution in [1.82, 2.24) is 0 Å². The highest BCUT2D eigenvalue weighted by molar-refractivity contribution is 7.99. The molecule has 0 amide bonds. The van der Waals surface area contributed by atoms with Gasteiger partial charge in [0, 0.05) is 22.9 Å². The summed E-state index contributed by atoms with van der Waals surface area (Å²) in [5, 5.41) is 12.3. The van der Waals surface area contributed by atoms with E-state index in [4.69, 9.17) is 5.11 Å². The predicted molar refractivity (Wildman–Crippen MR) is 61.8 cm³/mol. The number of rotatable bonds is 1. The first-order valence-corrected chi connectivity index (χ1v) is 5.90. The topological polar surface area (TPSA) is 49.3 Å². The standard InChI is InChI=1S/C11H13NO2S/c1-7-5-12-9-4-2-3-8(11(13)14)10(9)15-6-7/h2-4,7,12H,5-6H2,1H3,(H,13,14). The van der Waals surface area contributed by atoms with E-state index in [1.54, 1.807) is 23.9 Å². The third kappa shape index (κ3) is 2.09. The van der Waals surface area contributed by atoms with Crippen LogP contribution in [0.25, 0.3) is 0 Å². The molecule has 0 bridgehead atoms. The number of carboxylic acids is 1. The van der Waals surface area contributed by atoms with Crippen LogP contribution in [-0.2, 0) is 0 Å². The van der Waals surface area contributed by atoms with Gasteiger partial charge in [-0.15, -0.1) is 11.8 Å². The lowest BCUT2D eigenvalue weighted by molar-refractivity contribution is 0.0693. The summed E-state index contributed by atoms with van der Waals surface area (Å²) in [5.41, 5.74) is 1.35. The molecule has 0 saturated heterocycles. The molecule has 4 heteroatoms. The minimum Gasteiger partial charge on any atom is -0.478 e. The van der Waals surface area contributed by atoms with E-state index in [1.165, 1.54) is 0 Å². The summed E-state index contributed by atoms with van der Waals surface area (Å²) in [6, 6.07) is 5.38. The molecule has 0 aromatic heterocycles. The van der Waals surface area contributed by atoms with Crippen molar-refractivity contribution in [2.24, 2.45) is 5.92 Å². The van der Waals surface area contributed by atoms with Crippen LogP contribution in [0, 0.1) is 5.92 Å². The van der Waals surface area contributed by atoms with Gasteiger partial charge in [-0.25, -0.2) is 4.79 Å². The van der Waals surface area contributed by atoms with Crippen LogP contribution < -0.4 is 5.32 Å². The van der Waals surface area contributed by atoms with Crippen LogP contribution in [0.1, 0.15) is 17.3 Å². The summed E-state index contributed by atoms with van der Waals surface area (Å²) in [4.78, 5) is 11.9. The minimum atomic E-state index is -0.851. The molecular formula is C11H13NO2S. The van der Waals surface area contributed by atoms with Gasteiger partial charge in [0.1, 0.15) is 0 Å².